The van der Waals surface area contributed by atoms with Gasteiger partial charge in [0.2, 0.25) is 0 Å². The summed E-state index contributed by atoms with van der Waals surface area (Å²) in [5.74, 6) is 0.398. The Morgan fingerprint density at radius 1 is 0.903 bits per heavy atom. The average molecular weight is 410 g/mol. The molecule has 3 N–H and O–H groups in total. The van der Waals surface area contributed by atoms with Crippen LogP contribution in [0.4, 0.5) is 4.39 Å². The van der Waals surface area contributed by atoms with E-state index >= 15 is 0 Å². The smallest absolute Gasteiger partial charge is 0.159 e. The fourth-order valence-electron chi connectivity index (χ4n) is 4.15. The van der Waals surface area contributed by atoms with Crippen LogP contribution in [0.25, 0.3) is 50.3 Å². The predicted octanol–water partition coefficient (Wildman–Crippen LogP) is 4.68. The van der Waals surface area contributed by atoms with Gasteiger partial charge in [-0.2, -0.15) is 5.10 Å². The molecular formula is C24H19FN6. The van der Waals surface area contributed by atoms with E-state index in [1.165, 1.54) is 23.3 Å². The van der Waals surface area contributed by atoms with Gasteiger partial charge in [-0.15, -0.1) is 0 Å². The quantitative estimate of drug-likeness (QED) is 0.403. The number of rotatable bonds is 3. The minimum absolute atomic E-state index is 0.277. The largest absolute Gasteiger partial charge is 0.336 e. The third-order valence-corrected chi connectivity index (χ3v) is 5.74. The molecule has 1 aliphatic heterocycles. The molecule has 0 aliphatic carbocycles. The van der Waals surface area contributed by atoms with Gasteiger partial charge in [-0.1, -0.05) is 12.1 Å². The Labute approximate surface area is 177 Å². The number of aromatic nitrogens is 5. The maximum Gasteiger partial charge on any atom is 0.159 e. The Kier molecular flexibility index (Phi) is 4.14. The van der Waals surface area contributed by atoms with Crippen molar-refractivity contribution >= 4 is 27.5 Å². The Morgan fingerprint density at radius 2 is 1.77 bits per heavy atom. The number of hydrogen-bond donors (Lipinski definition) is 3. The number of imidazole rings is 1. The summed E-state index contributed by atoms with van der Waals surface area (Å²) in [6.45, 7) is 1.89. The fraction of sp³-hybridized carbons (Fsp3) is 0.125. The molecule has 0 radical (unpaired) electrons. The van der Waals surface area contributed by atoms with Crippen molar-refractivity contribution < 1.29 is 4.39 Å². The molecule has 0 unspecified atom stereocenters. The summed E-state index contributed by atoms with van der Waals surface area (Å²) in [7, 11) is 0. The third-order valence-electron chi connectivity index (χ3n) is 5.74. The van der Waals surface area contributed by atoms with Crippen LogP contribution >= 0.6 is 0 Å². The first-order chi connectivity index (χ1) is 15.3. The first kappa shape index (κ1) is 18.0. The Hall–Kier alpha value is -3.84. The van der Waals surface area contributed by atoms with Gasteiger partial charge in [0.05, 0.1) is 16.7 Å². The van der Waals surface area contributed by atoms with Crippen molar-refractivity contribution in [1.82, 2.24) is 30.5 Å². The molecule has 0 bridgehead atoms. The van der Waals surface area contributed by atoms with E-state index < -0.39 is 0 Å². The van der Waals surface area contributed by atoms with Crippen molar-refractivity contribution in [3.8, 4) is 22.8 Å². The van der Waals surface area contributed by atoms with Crippen molar-refractivity contribution in [2.24, 2.45) is 0 Å². The van der Waals surface area contributed by atoms with E-state index in [1.54, 1.807) is 18.3 Å². The lowest BCUT2D eigenvalue weighted by molar-refractivity contribution is 0.628. The summed E-state index contributed by atoms with van der Waals surface area (Å²) < 4.78 is 13.4. The van der Waals surface area contributed by atoms with Gasteiger partial charge in [0.25, 0.3) is 0 Å². The molecule has 7 heteroatoms. The number of halogens is 1. The zero-order chi connectivity index (χ0) is 20.8. The van der Waals surface area contributed by atoms with Gasteiger partial charge in [0, 0.05) is 23.7 Å². The first-order valence-electron chi connectivity index (χ1n) is 10.3. The van der Waals surface area contributed by atoms with Gasteiger partial charge in [-0.25, -0.2) is 9.37 Å². The van der Waals surface area contributed by atoms with E-state index in [9.17, 15) is 4.39 Å². The molecule has 0 fully saturated rings. The summed E-state index contributed by atoms with van der Waals surface area (Å²) in [5, 5.41) is 12.0. The van der Waals surface area contributed by atoms with Gasteiger partial charge in [0.15, 0.2) is 5.82 Å². The topological polar surface area (TPSA) is 82.3 Å². The van der Waals surface area contributed by atoms with Crippen molar-refractivity contribution in [2.75, 3.05) is 13.1 Å². The van der Waals surface area contributed by atoms with E-state index in [1.807, 2.05) is 6.07 Å². The van der Waals surface area contributed by atoms with Crippen LogP contribution in [-0.2, 0) is 0 Å². The van der Waals surface area contributed by atoms with Crippen LogP contribution in [-0.4, -0.2) is 38.2 Å². The SMILES string of the molecule is Fc1ccc(-c2nccc3[nH]c(-c4n[nH]c5ccc(C6=CCNCC6)cc45)nc23)cc1. The molecular weight excluding hydrogens is 391 g/mol. The number of H-pyrrole nitrogens is 2. The Morgan fingerprint density at radius 3 is 2.61 bits per heavy atom. The van der Waals surface area contributed by atoms with Crippen molar-refractivity contribution in [3.05, 3.63) is 72.2 Å². The van der Waals surface area contributed by atoms with Gasteiger partial charge >= 0.3 is 0 Å². The highest BCUT2D eigenvalue weighted by Crippen LogP contribution is 2.32. The number of hydrogen-bond acceptors (Lipinski definition) is 4. The van der Waals surface area contributed by atoms with Crippen molar-refractivity contribution in [3.63, 3.8) is 0 Å². The maximum atomic E-state index is 13.4. The first-order valence-corrected chi connectivity index (χ1v) is 10.3. The number of nitrogens with zero attached hydrogens (tertiary/aromatic N) is 3. The lowest BCUT2D eigenvalue weighted by Crippen LogP contribution is -2.19. The summed E-state index contributed by atoms with van der Waals surface area (Å²) in [6, 6.07) is 14.6. The lowest BCUT2D eigenvalue weighted by atomic mass is 9.98. The van der Waals surface area contributed by atoms with Crippen LogP contribution < -0.4 is 5.32 Å². The molecule has 1 aliphatic rings. The monoisotopic (exact) mass is 410 g/mol. The molecule has 0 saturated carbocycles. The molecule has 3 aromatic heterocycles. The predicted molar refractivity (Wildman–Crippen MR) is 120 cm³/mol. The number of aromatic amines is 2. The molecule has 0 amide bonds. The van der Waals surface area contributed by atoms with Crippen LogP contribution in [0.15, 0.2) is 60.8 Å². The van der Waals surface area contributed by atoms with Crippen LogP contribution in [0.1, 0.15) is 12.0 Å². The molecule has 0 saturated heterocycles. The number of benzene rings is 2. The van der Waals surface area contributed by atoms with Crippen LogP contribution in [0.3, 0.4) is 0 Å². The highest BCUT2D eigenvalue weighted by Gasteiger charge is 2.17. The average Bonchev–Trinajstić information content (AvgIpc) is 3.43. The number of pyridine rings is 1. The Bertz CT molecular complexity index is 1440. The van der Waals surface area contributed by atoms with Crippen LogP contribution in [0, 0.1) is 5.82 Å². The Balaban J connectivity index is 1.48. The highest BCUT2D eigenvalue weighted by atomic mass is 19.1. The maximum absolute atomic E-state index is 13.4. The van der Waals surface area contributed by atoms with Gasteiger partial charge in [0.1, 0.15) is 17.0 Å². The highest BCUT2D eigenvalue weighted by molar-refractivity contribution is 5.97. The summed E-state index contributed by atoms with van der Waals surface area (Å²) in [5.41, 5.74) is 7.41. The summed E-state index contributed by atoms with van der Waals surface area (Å²) >= 11 is 0. The normalized spacial score (nSPS) is 14.3. The minimum Gasteiger partial charge on any atom is -0.336 e. The van der Waals surface area contributed by atoms with Crippen LogP contribution in [0.5, 0.6) is 0 Å². The zero-order valence-corrected chi connectivity index (χ0v) is 16.6. The molecule has 6 rings (SSSR count). The molecule has 31 heavy (non-hydrogen) atoms. The number of nitrogens with one attached hydrogen (secondary N) is 3. The standard InChI is InChI=1S/C24H19FN6/c25-17-4-1-15(2-5-17)21-23-20(9-12-27-21)28-24(29-23)22-18-13-16(3-6-19(18)30-31-22)14-7-10-26-11-8-14/h1-7,9,12-13,26H,8,10-11H2,(H,28,29)(H,30,31). The molecule has 0 atom stereocenters. The second-order valence-corrected chi connectivity index (χ2v) is 7.66. The van der Waals surface area contributed by atoms with E-state index in [0.717, 1.165) is 52.7 Å². The molecule has 0 spiro atoms. The lowest BCUT2D eigenvalue weighted by Gasteiger charge is -2.14. The van der Waals surface area contributed by atoms with E-state index in [2.05, 4.69) is 49.8 Å². The summed E-state index contributed by atoms with van der Waals surface area (Å²) in [6.07, 6.45) is 4.98. The van der Waals surface area contributed by atoms with Gasteiger partial charge < -0.3 is 10.3 Å². The molecule has 152 valence electrons. The molecule has 5 aromatic rings. The third kappa shape index (κ3) is 3.10. The van der Waals surface area contributed by atoms with E-state index in [4.69, 9.17) is 4.98 Å². The molecule has 4 heterocycles. The molecule has 6 nitrogen and oxygen atoms in total. The second-order valence-electron chi connectivity index (χ2n) is 7.66. The van der Waals surface area contributed by atoms with Crippen molar-refractivity contribution in [2.45, 2.75) is 6.42 Å². The van der Waals surface area contributed by atoms with E-state index in [0.29, 0.717) is 11.5 Å². The molecule has 2 aromatic carbocycles. The van der Waals surface area contributed by atoms with Gasteiger partial charge in [-0.3, -0.25) is 10.1 Å². The zero-order valence-electron chi connectivity index (χ0n) is 16.6. The van der Waals surface area contributed by atoms with Gasteiger partial charge in [-0.05, 0) is 66.6 Å². The number of fused-ring (bicyclic) bond motifs is 2. The summed E-state index contributed by atoms with van der Waals surface area (Å²) in [4.78, 5) is 12.7. The minimum atomic E-state index is -0.277. The second kappa shape index (κ2) is 7.14. The fourth-order valence-corrected chi connectivity index (χ4v) is 4.15. The van der Waals surface area contributed by atoms with Crippen LogP contribution in [0.2, 0.25) is 0 Å². The van der Waals surface area contributed by atoms with Crippen molar-refractivity contribution in [1.29, 1.82) is 0 Å². The van der Waals surface area contributed by atoms with E-state index in [-0.39, 0.29) is 5.82 Å².